The number of H-pyrrole nitrogens is 1. The van der Waals surface area contributed by atoms with E-state index in [1.807, 2.05) is 5.32 Å². The van der Waals surface area contributed by atoms with Crippen LogP contribution in [0.1, 0.15) is 53.8 Å². The Morgan fingerprint density at radius 3 is 2.66 bits per heavy atom. The molecule has 2 aromatic rings. The van der Waals surface area contributed by atoms with Crippen LogP contribution in [-0.4, -0.2) is 58.1 Å². The molecule has 2 aliphatic heterocycles. The third-order valence-electron chi connectivity index (χ3n) is 7.14. The molecule has 186 valence electrons. The van der Waals surface area contributed by atoms with Gasteiger partial charge in [0.05, 0.1) is 11.6 Å². The Kier molecular flexibility index (Phi) is 5.37. The second-order valence-electron chi connectivity index (χ2n) is 9.29. The van der Waals surface area contributed by atoms with Gasteiger partial charge in [0.2, 0.25) is 11.8 Å². The summed E-state index contributed by atoms with van der Waals surface area (Å²) < 4.78 is 55.0. The quantitative estimate of drug-likeness (QED) is 0.557. The predicted octanol–water partition coefficient (Wildman–Crippen LogP) is 2.85. The average Bonchev–Trinajstić information content (AvgIpc) is 3.36. The van der Waals surface area contributed by atoms with Crippen LogP contribution in [0.4, 0.5) is 23.2 Å². The number of carbonyl (C=O) groups excluding carboxylic acids is 3. The number of para-hydroxylation sites is 1. The predicted molar refractivity (Wildman–Crippen MR) is 115 cm³/mol. The summed E-state index contributed by atoms with van der Waals surface area (Å²) in [5.74, 6) is -4.57. The maximum atomic E-state index is 14.9. The second-order valence-corrected chi connectivity index (χ2v) is 9.29. The van der Waals surface area contributed by atoms with E-state index < -0.39 is 59.2 Å². The van der Waals surface area contributed by atoms with Crippen LogP contribution in [-0.2, 0) is 15.0 Å². The molecule has 3 N–H and O–H groups in total. The summed E-state index contributed by atoms with van der Waals surface area (Å²) in [4.78, 5) is 40.8. The first-order chi connectivity index (χ1) is 16.6. The number of amides is 3. The first kappa shape index (κ1) is 23.3. The van der Waals surface area contributed by atoms with E-state index in [0.29, 0.717) is 11.3 Å². The fourth-order valence-corrected chi connectivity index (χ4v) is 5.12. The molecule has 3 unspecified atom stereocenters. The molecular weight excluding hydrogens is 470 g/mol. The topological polar surface area (TPSA) is 107 Å². The van der Waals surface area contributed by atoms with E-state index in [-0.39, 0.29) is 24.7 Å². The molecule has 2 fully saturated rings. The Hall–Kier alpha value is -3.44. The van der Waals surface area contributed by atoms with Gasteiger partial charge in [0.1, 0.15) is 11.5 Å². The van der Waals surface area contributed by atoms with E-state index in [4.69, 9.17) is 0 Å². The molecule has 0 radical (unpaired) electrons. The van der Waals surface area contributed by atoms with Crippen molar-refractivity contribution in [2.75, 3.05) is 18.4 Å². The minimum atomic E-state index is -4.68. The van der Waals surface area contributed by atoms with Crippen molar-refractivity contribution >= 4 is 23.4 Å². The zero-order valence-electron chi connectivity index (χ0n) is 18.7. The molecule has 1 saturated carbocycles. The highest BCUT2D eigenvalue weighted by atomic mass is 19.4. The van der Waals surface area contributed by atoms with Crippen LogP contribution in [0.5, 0.6) is 0 Å². The summed E-state index contributed by atoms with van der Waals surface area (Å²) in [5, 5.41) is 11.1. The van der Waals surface area contributed by atoms with Crippen LogP contribution in [0, 0.1) is 11.7 Å². The zero-order chi connectivity index (χ0) is 25.1. The smallest absolute Gasteiger partial charge is 0.344 e. The number of alkyl halides is 3. The number of hydrogen-bond acceptors (Lipinski definition) is 4. The van der Waals surface area contributed by atoms with Crippen LogP contribution < -0.4 is 10.6 Å². The summed E-state index contributed by atoms with van der Waals surface area (Å²) in [5.41, 5.74) is -1.03. The highest BCUT2D eigenvalue weighted by Crippen LogP contribution is 2.48. The lowest BCUT2D eigenvalue weighted by molar-refractivity contribution is -0.164. The van der Waals surface area contributed by atoms with Crippen molar-refractivity contribution in [3.8, 4) is 0 Å². The lowest BCUT2D eigenvalue weighted by Gasteiger charge is -2.29. The summed E-state index contributed by atoms with van der Waals surface area (Å²) in [6.07, 6.45) is -3.53. The number of nitrogens with zero attached hydrogens (tertiary/aromatic N) is 2. The molecule has 5 rings (SSSR count). The van der Waals surface area contributed by atoms with E-state index >= 15 is 0 Å². The maximum Gasteiger partial charge on any atom is 0.408 e. The molecule has 1 spiro atoms. The van der Waals surface area contributed by atoms with Gasteiger partial charge in [0.25, 0.3) is 5.91 Å². The number of anilines is 1. The Morgan fingerprint density at radius 2 is 2.00 bits per heavy atom. The van der Waals surface area contributed by atoms with E-state index in [1.54, 1.807) is 24.3 Å². The van der Waals surface area contributed by atoms with Gasteiger partial charge in [-0.2, -0.15) is 18.3 Å². The van der Waals surface area contributed by atoms with Gasteiger partial charge in [0.15, 0.2) is 11.5 Å². The van der Waals surface area contributed by atoms with Gasteiger partial charge in [-0.15, -0.1) is 0 Å². The number of hydrogen-bond donors (Lipinski definition) is 3. The largest absolute Gasteiger partial charge is 0.408 e. The van der Waals surface area contributed by atoms with E-state index in [2.05, 4.69) is 15.5 Å². The SMILES string of the molecule is CCC(NC(=O)C1CN(C(=O)c2n[nH]c(C3CC3)c2F)CC12C(=O)Nc1ccccc12)C(F)(F)F. The maximum absolute atomic E-state index is 14.9. The number of carbonyl (C=O) groups is 3. The van der Waals surface area contributed by atoms with Crippen molar-refractivity contribution in [1.82, 2.24) is 20.4 Å². The molecule has 1 aliphatic carbocycles. The fraction of sp³-hybridized carbons (Fsp3) is 0.478. The number of halogens is 4. The highest BCUT2D eigenvalue weighted by molar-refractivity contribution is 6.10. The van der Waals surface area contributed by atoms with Gasteiger partial charge in [-0.05, 0) is 30.9 Å². The molecule has 8 nitrogen and oxygen atoms in total. The average molecular weight is 493 g/mol. The number of aromatic amines is 1. The number of fused-ring (bicyclic) bond motifs is 2. The van der Waals surface area contributed by atoms with Crippen LogP contribution in [0.25, 0.3) is 0 Å². The number of rotatable bonds is 5. The molecule has 3 heterocycles. The minimum absolute atomic E-state index is 0.0340. The molecule has 12 heteroatoms. The fourth-order valence-electron chi connectivity index (χ4n) is 5.12. The number of likely N-dealkylation sites (tertiary alicyclic amines) is 1. The molecule has 1 saturated heterocycles. The van der Waals surface area contributed by atoms with E-state index in [9.17, 15) is 31.9 Å². The Balaban J connectivity index is 1.51. The summed E-state index contributed by atoms with van der Waals surface area (Å²) in [7, 11) is 0. The number of benzene rings is 1. The summed E-state index contributed by atoms with van der Waals surface area (Å²) >= 11 is 0. The zero-order valence-corrected chi connectivity index (χ0v) is 18.7. The van der Waals surface area contributed by atoms with Gasteiger partial charge >= 0.3 is 6.18 Å². The lowest BCUT2D eigenvalue weighted by atomic mass is 9.72. The molecule has 35 heavy (non-hydrogen) atoms. The van der Waals surface area contributed by atoms with Crippen LogP contribution >= 0.6 is 0 Å². The van der Waals surface area contributed by atoms with Gasteiger partial charge in [0, 0.05) is 24.7 Å². The lowest BCUT2D eigenvalue weighted by Crippen LogP contribution is -2.53. The van der Waals surface area contributed by atoms with Gasteiger partial charge in [-0.3, -0.25) is 19.5 Å². The van der Waals surface area contributed by atoms with E-state index in [0.717, 1.165) is 17.7 Å². The Bertz CT molecular complexity index is 1210. The van der Waals surface area contributed by atoms with Crippen molar-refractivity contribution in [2.24, 2.45) is 5.92 Å². The number of nitrogens with one attached hydrogen (secondary N) is 3. The van der Waals surface area contributed by atoms with Crippen molar-refractivity contribution in [1.29, 1.82) is 0 Å². The molecule has 1 aromatic heterocycles. The van der Waals surface area contributed by atoms with Crippen LogP contribution in [0.15, 0.2) is 24.3 Å². The van der Waals surface area contributed by atoms with Crippen LogP contribution in [0.2, 0.25) is 0 Å². The first-order valence-electron chi connectivity index (χ1n) is 11.4. The molecule has 0 bridgehead atoms. The first-order valence-corrected chi connectivity index (χ1v) is 11.4. The monoisotopic (exact) mass is 493 g/mol. The minimum Gasteiger partial charge on any atom is -0.344 e. The van der Waals surface area contributed by atoms with Gasteiger partial charge in [-0.1, -0.05) is 25.1 Å². The van der Waals surface area contributed by atoms with Crippen molar-refractivity contribution in [3.05, 3.63) is 47.0 Å². The van der Waals surface area contributed by atoms with Crippen molar-refractivity contribution in [2.45, 2.75) is 49.7 Å². The van der Waals surface area contributed by atoms with Crippen molar-refractivity contribution < 1.29 is 31.9 Å². The Morgan fingerprint density at radius 1 is 1.29 bits per heavy atom. The molecule has 3 amide bonds. The highest BCUT2D eigenvalue weighted by Gasteiger charge is 2.61. The molecule has 1 aromatic carbocycles. The van der Waals surface area contributed by atoms with Gasteiger partial charge in [-0.25, -0.2) is 4.39 Å². The van der Waals surface area contributed by atoms with E-state index in [1.165, 1.54) is 6.92 Å². The normalized spacial score (nSPS) is 24.4. The summed E-state index contributed by atoms with van der Waals surface area (Å²) in [6, 6.07) is 4.41. The third-order valence-corrected chi connectivity index (χ3v) is 7.14. The van der Waals surface area contributed by atoms with Crippen molar-refractivity contribution in [3.63, 3.8) is 0 Å². The molecule has 3 atom stereocenters. The van der Waals surface area contributed by atoms with Crippen LogP contribution in [0.3, 0.4) is 0 Å². The molecular formula is C23H23F4N5O3. The second kappa shape index (κ2) is 8.06. The number of aromatic nitrogens is 2. The Labute approximate surface area is 197 Å². The molecule has 3 aliphatic rings. The third kappa shape index (κ3) is 3.66. The standard InChI is InChI=1S/C23H23F4N5O3/c1-2-15(23(25,26)27)29-19(33)13-9-32(20(34)18-16(24)17(30-31-18)11-7-8-11)10-22(13)12-5-3-4-6-14(12)28-21(22)35/h3-6,11,13,15H,2,7-10H2,1H3,(H,28,35)(H,29,33)(H,30,31). The summed E-state index contributed by atoms with van der Waals surface area (Å²) in [6.45, 7) is 0.612. The van der Waals surface area contributed by atoms with Gasteiger partial charge < -0.3 is 15.5 Å².